The maximum Gasteiger partial charge on any atom is 0.159 e. The maximum atomic E-state index is 13.3. The third-order valence-electron chi connectivity index (χ3n) is 4.91. The Labute approximate surface area is 111 Å². The molecule has 98 valence electrons. The van der Waals surface area contributed by atoms with Gasteiger partial charge in [0.25, 0.3) is 0 Å². The predicted octanol–water partition coefficient (Wildman–Crippen LogP) is 4.55. The largest absolute Gasteiger partial charge is 0.204 e. The van der Waals surface area contributed by atoms with Crippen LogP contribution in [0.2, 0.25) is 0 Å². The van der Waals surface area contributed by atoms with E-state index in [2.05, 4.69) is 0 Å². The lowest BCUT2D eigenvalue weighted by molar-refractivity contribution is 0.193. The molecule has 18 heavy (non-hydrogen) atoms. The van der Waals surface area contributed by atoms with Gasteiger partial charge in [-0.1, -0.05) is 12.5 Å². The highest BCUT2D eigenvalue weighted by molar-refractivity contribution is 6.18. The number of hydrogen-bond acceptors (Lipinski definition) is 0. The number of benzene rings is 1. The van der Waals surface area contributed by atoms with Gasteiger partial charge in [-0.25, -0.2) is 8.78 Å². The zero-order chi connectivity index (χ0) is 12.8. The number of alkyl halides is 1. The van der Waals surface area contributed by atoms with Crippen LogP contribution in [0.4, 0.5) is 8.78 Å². The monoisotopic (exact) mass is 270 g/mol. The quantitative estimate of drug-likeness (QED) is 0.707. The average molecular weight is 271 g/mol. The lowest BCUT2D eigenvalue weighted by atomic mass is 9.71. The highest BCUT2D eigenvalue weighted by Gasteiger charge is 2.50. The van der Waals surface area contributed by atoms with Crippen molar-refractivity contribution in [3.63, 3.8) is 0 Å². The molecule has 3 heteroatoms. The van der Waals surface area contributed by atoms with Crippen molar-refractivity contribution in [2.24, 2.45) is 17.3 Å². The molecule has 0 radical (unpaired) electrons. The van der Waals surface area contributed by atoms with Crippen molar-refractivity contribution in [2.75, 3.05) is 5.88 Å². The van der Waals surface area contributed by atoms with E-state index in [4.69, 9.17) is 11.6 Å². The van der Waals surface area contributed by atoms with Crippen molar-refractivity contribution >= 4 is 11.6 Å². The molecule has 0 saturated heterocycles. The Morgan fingerprint density at radius 1 is 1.22 bits per heavy atom. The highest BCUT2D eigenvalue weighted by Crippen LogP contribution is 2.57. The molecule has 2 aliphatic rings. The molecule has 0 aromatic heterocycles. The van der Waals surface area contributed by atoms with Crippen LogP contribution in [-0.2, 0) is 6.42 Å². The average Bonchev–Trinajstić information content (AvgIpc) is 2.94. The van der Waals surface area contributed by atoms with E-state index in [1.165, 1.54) is 31.4 Å². The fraction of sp³-hybridized carbons (Fsp3) is 0.600. The summed E-state index contributed by atoms with van der Waals surface area (Å²) in [4.78, 5) is 0. The molecule has 3 unspecified atom stereocenters. The van der Waals surface area contributed by atoms with Crippen molar-refractivity contribution in [3.8, 4) is 0 Å². The van der Waals surface area contributed by atoms with E-state index in [0.29, 0.717) is 11.8 Å². The summed E-state index contributed by atoms with van der Waals surface area (Å²) in [6.45, 7) is 0. The van der Waals surface area contributed by atoms with E-state index in [-0.39, 0.29) is 5.41 Å². The van der Waals surface area contributed by atoms with E-state index < -0.39 is 11.6 Å². The minimum Gasteiger partial charge on any atom is -0.204 e. The van der Waals surface area contributed by atoms with Gasteiger partial charge in [0.2, 0.25) is 0 Å². The zero-order valence-corrected chi connectivity index (χ0v) is 11.0. The predicted molar refractivity (Wildman–Crippen MR) is 68.7 cm³/mol. The molecule has 2 bridgehead atoms. The van der Waals surface area contributed by atoms with E-state index in [1.807, 2.05) is 0 Å². The van der Waals surface area contributed by atoms with Crippen molar-refractivity contribution in [1.29, 1.82) is 0 Å². The molecular formula is C15H17ClF2. The molecule has 2 saturated carbocycles. The highest BCUT2D eigenvalue weighted by atomic mass is 35.5. The number of halogens is 3. The molecule has 3 rings (SSSR count). The second-order valence-electron chi connectivity index (χ2n) is 6.00. The molecule has 0 nitrogen and oxygen atoms in total. The van der Waals surface area contributed by atoms with Gasteiger partial charge in [0.15, 0.2) is 11.6 Å². The Hall–Kier alpha value is -0.630. The molecule has 1 aromatic rings. The van der Waals surface area contributed by atoms with Crippen LogP contribution in [0.5, 0.6) is 0 Å². The SMILES string of the molecule is Fc1ccc(CC2(CCl)CC3CCC2C3)cc1F. The Morgan fingerprint density at radius 2 is 2.06 bits per heavy atom. The Kier molecular flexibility index (Phi) is 3.09. The summed E-state index contributed by atoms with van der Waals surface area (Å²) >= 11 is 6.21. The number of hydrogen-bond donors (Lipinski definition) is 0. The summed E-state index contributed by atoms with van der Waals surface area (Å²) in [6, 6.07) is 4.24. The van der Waals surface area contributed by atoms with Crippen LogP contribution in [0, 0.1) is 28.9 Å². The summed E-state index contributed by atoms with van der Waals surface area (Å²) < 4.78 is 26.2. The van der Waals surface area contributed by atoms with Crippen LogP contribution in [0.1, 0.15) is 31.2 Å². The van der Waals surface area contributed by atoms with Gasteiger partial charge < -0.3 is 0 Å². The molecule has 0 N–H and O–H groups in total. The van der Waals surface area contributed by atoms with Gasteiger partial charge >= 0.3 is 0 Å². The van der Waals surface area contributed by atoms with Crippen LogP contribution >= 0.6 is 11.6 Å². The Bertz CT molecular complexity index is 460. The smallest absolute Gasteiger partial charge is 0.159 e. The first-order valence-electron chi connectivity index (χ1n) is 6.63. The van der Waals surface area contributed by atoms with Gasteiger partial charge in [0.1, 0.15) is 0 Å². The normalized spacial score (nSPS) is 34.2. The number of fused-ring (bicyclic) bond motifs is 2. The summed E-state index contributed by atoms with van der Waals surface area (Å²) in [6.07, 6.45) is 5.79. The van der Waals surface area contributed by atoms with Gasteiger partial charge in [-0.2, -0.15) is 0 Å². The van der Waals surface area contributed by atoms with E-state index in [0.717, 1.165) is 24.3 Å². The molecular weight excluding hydrogens is 254 g/mol. The van der Waals surface area contributed by atoms with Crippen molar-refractivity contribution in [3.05, 3.63) is 35.4 Å². The molecule has 0 amide bonds. The first kappa shape index (κ1) is 12.4. The molecule has 0 aliphatic heterocycles. The minimum atomic E-state index is -0.772. The van der Waals surface area contributed by atoms with Gasteiger partial charge in [0.05, 0.1) is 0 Å². The van der Waals surface area contributed by atoms with E-state index in [1.54, 1.807) is 6.07 Å². The Balaban J connectivity index is 1.84. The van der Waals surface area contributed by atoms with Crippen LogP contribution in [0.15, 0.2) is 18.2 Å². The first-order valence-corrected chi connectivity index (χ1v) is 7.16. The van der Waals surface area contributed by atoms with Crippen molar-refractivity contribution in [2.45, 2.75) is 32.1 Å². The standard InChI is InChI=1S/C15H17ClF2/c16-9-15(7-10-1-3-12(15)5-10)8-11-2-4-13(17)14(18)6-11/h2,4,6,10,12H,1,3,5,7-9H2. The molecule has 3 atom stereocenters. The lowest BCUT2D eigenvalue weighted by Crippen LogP contribution is -2.32. The third-order valence-corrected chi connectivity index (χ3v) is 5.44. The Morgan fingerprint density at radius 3 is 2.61 bits per heavy atom. The van der Waals surface area contributed by atoms with E-state index >= 15 is 0 Å². The fourth-order valence-corrected chi connectivity index (χ4v) is 4.46. The maximum absolute atomic E-state index is 13.3. The van der Waals surface area contributed by atoms with Gasteiger partial charge in [-0.15, -0.1) is 11.6 Å². The molecule has 1 aromatic carbocycles. The van der Waals surface area contributed by atoms with Gasteiger partial charge in [-0.3, -0.25) is 0 Å². The summed E-state index contributed by atoms with van der Waals surface area (Å²) in [5.41, 5.74) is 0.997. The summed E-state index contributed by atoms with van der Waals surface area (Å²) in [5.74, 6) is 0.590. The van der Waals surface area contributed by atoms with Crippen LogP contribution in [-0.4, -0.2) is 5.88 Å². The minimum absolute atomic E-state index is 0.120. The first-order chi connectivity index (χ1) is 8.63. The molecule has 2 fully saturated rings. The third kappa shape index (κ3) is 1.95. The van der Waals surface area contributed by atoms with E-state index in [9.17, 15) is 8.78 Å². The van der Waals surface area contributed by atoms with Crippen molar-refractivity contribution < 1.29 is 8.78 Å². The lowest BCUT2D eigenvalue weighted by Gasteiger charge is -2.36. The summed E-state index contributed by atoms with van der Waals surface area (Å²) in [7, 11) is 0. The topological polar surface area (TPSA) is 0 Å². The second-order valence-corrected chi connectivity index (χ2v) is 6.27. The second kappa shape index (κ2) is 4.48. The van der Waals surface area contributed by atoms with Crippen LogP contribution in [0.3, 0.4) is 0 Å². The fourth-order valence-electron chi connectivity index (χ4n) is 4.04. The van der Waals surface area contributed by atoms with Crippen LogP contribution in [0.25, 0.3) is 0 Å². The molecule has 0 spiro atoms. The van der Waals surface area contributed by atoms with Gasteiger partial charge in [0, 0.05) is 5.88 Å². The molecule has 2 aliphatic carbocycles. The zero-order valence-electron chi connectivity index (χ0n) is 10.3. The number of rotatable bonds is 3. The molecule has 0 heterocycles. The summed E-state index contributed by atoms with van der Waals surface area (Å²) in [5, 5.41) is 0. The van der Waals surface area contributed by atoms with Crippen LogP contribution < -0.4 is 0 Å². The van der Waals surface area contributed by atoms with Gasteiger partial charge in [-0.05, 0) is 60.6 Å². The van der Waals surface area contributed by atoms with Crippen molar-refractivity contribution in [1.82, 2.24) is 0 Å².